The van der Waals surface area contributed by atoms with Gasteiger partial charge >= 0.3 is 0 Å². The van der Waals surface area contributed by atoms with Crippen LogP contribution in [0.25, 0.3) is 0 Å². The normalized spacial score (nSPS) is 31.5. The first-order valence-corrected chi connectivity index (χ1v) is 8.50. The maximum atomic E-state index is 3.78. The van der Waals surface area contributed by atoms with Crippen molar-refractivity contribution in [1.82, 2.24) is 5.32 Å². The fourth-order valence-corrected chi connectivity index (χ4v) is 3.58. The molecule has 0 amide bonds. The van der Waals surface area contributed by atoms with Gasteiger partial charge in [0.1, 0.15) is 0 Å². The number of piperazine rings is 1. The highest BCUT2D eigenvalue weighted by Crippen LogP contribution is 2.42. The molecule has 1 saturated carbocycles. The number of anilines is 1. The van der Waals surface area contributed by atoms with Gasteiger partial charge in [0.2, 0.25) is 0 Å². The Balaban J connectivity index is 1.80. The van der Waals surface area contributed by atoms with Crippen molar-refractivity contribution >= 4 is 17.4 Å². The summed E-state index contributed by atoms with van der Waals surface area (Å²) in [5.41, 5.74) is 1.68. The van der Waals surface area contributed by atoms with Crippen LogP contribution in [0.5, 0.6) is 0 Å². The highest BCUT2D eigenvalue weighted by molar-refractivity contribution is 7.98. The molecule has 1 heterocycles. The molecule has 0 aromatic heterocycles. The van der Waals surface area contributed by atoms with Crippen LogP contribution < -0.4 is 10.2 Å². The van der Waals surface area contributed by atoms with Crippen molar-refractivity contribution in [3.63, 3.8) is 0 Å². The summed E-state index contributed by atoms with van der Waals surface area (Å²) in [5.74, 6) is 0.882. The molecule has 2 aliphatic rings. The van der Waals surface area contributed by atoms with Crippen LogP contribution in [0.3, 0.4) is 0 Å². The molecular formula is C16H24N2S. The van der Waals surface area contributed by atoms with Gasteiger partial charge in [0.25, 0.3) is 0 Å². The number of thioether (sulfide) groups is 1. The van der Waals surface area contributed by atoms with Gasteiger partial charge in [-0.15, -0.1) is 11.8 Å². The van der Waals surface area contributed by atoms with Gasteiger partial charge in [-0.1, -0.05) is 0 Å². The Labute approximate surface area is 121 Å². The number of hydrogen-bond donors (Lipinski definition) is 1. The van der Waals surface area contributed by atoms with E-state index in [1.807, 2.05) is 11.8 Å². The van der Waals surface area contributed by atoms with Gasteiger partial charge in [0, 0.05) is 35.3 Å². The van der Waals surface area contributed by atoms with Gasteiger partial charge in [-0.25, -0.2) is 0 Å². The number of benzene rings is 1. The van der Waals surface area contributed by atoms with Gasteiger partial charge < -0.3 is 10.2 Å². The second-order valence-corrected chi connectivity index (χ2v) is 7.13. The van der Waals surface area contributed by atoms with Crippen molar-refractivity contribution in [2.75, 3.05) is 24.2 Å². The average molecular weight is 276 g/mol. The molecule has 104 valence electrons. The molecule has 1 aromatic rings. The number of rotatable bonds is 3. The molecule has 1 aliphatic carbocycles. The Morgan fingerprint density at radius 2 is 1.95 bits per heavy atom. The Hall–Kier alpha value is -0.670. The molecule has 0 spiro atoms. The van der Waals surface area contributed by atoms with E-state index in [0.717, 1.165) is 19.0 Å². The first-order valence-electron chi connectivity index (χ1n) is 7.28. The minimum atomic E-state index is 0.310. The van der Waals surface area contributed by atoms with Crippen LogP contribution >= 0.6 is 11.8 Å². The van der Waals surface area contributed by atoms with Gasteiger partial charge in [-0.05, 0) is 63.1 Å². The van der Waals surface area contributed by atoms with Crippen LogP contribution in [0.4, 0.5) is 5.69 Å². The largest absolute Gasteiger partial charge is 0.366 e. The molecule has 3 rings (SSSR count). The van der Waals surface area contributed by atoms with Crippen LogP contribution in [-0.4, -0.2) is 30.9 Å². The van der Waals surface area contributed by atoms with E-state index in [-0.39, 0.29) is 0 Å². The molecular weight excluding hydrogens is 252 g/mol. The Kier molecular flexibility index (Phi) is 3.52. The third-order valence-electron chi connectivity index (χ3n) is 4.71. The van der Waals surface area contributed by atoms with E-state index < -0.39 is 0 Å². The van der Waals surface area contributed by atoms with E-state index in [4.69, 9.17) is 0 Å². The first kappa shape index (κ1) is 13.3. The van der Waals surface area contributed by atoms with Crippen LogP contribution in [0.15, 0.2) is 29.2 Å². The summed E-state index contributed by atoms with van der Waals surface area (Å²) in [4.78, 5) is 3.93. The Morgan fingerprint density at radius 3 is 2.53 bits per heavy atom. The second-order valence-electron chi connectivity index (χ2n) is 6.25. The van der Waals surface area contributed by atoms with E-state index in [1.165, 1.54) is 23.4 Å². The van der Waals surface area contributed by atoms with Gasteiger partial charge in [0.05, 0.1) is 0 Å². The topological polar surface area (TPSA) is 15.3 Å². The molecule has 19 heavy (non-hydrogen) atoms. The summed E-state index contributed by atoms with van der Waals surface area (Å²) >= 11 is 1.81. The predicted octanol–water partition coefficient (Wildman–Crippen LogP) is 3.38. The van der Waals surface area contributed by atoms with Crippen LogP contribution in [0.1, 0.15) is 26.7 Å². The highest BCUT2D eigenvalue weighted by Gasteiger charge is 2.45. The smallest absolute Gasteiger partial charge is 0.0387 e. The molecule has 1 saturated heterocycles. The van der Waals surface area contributed by atoms with Crippen molar-refractivity contribution < 1.29 is 0 Å². The maximum Gasteiger partial charge on any atom is 0.0387 e. The van der Waals surface area contributed by atoms with Gasteiger partial charge in [-0.2, -0.15) is 0 Å². The van der Waals surface area contributed by atoms with Crippen molar-refractivity contribution in [3.05, 3.63) is 24.3 Å². The molecule has 2 unspecified atom stereocenters. The van der Waals surface area contributed by atoms with E-state index in [9.17, 15) is 0 Å². The standard InChI is InChI=1S/C16H24N2S/c1-12-10-17-16(2,13-4-5-13)11-18(12)14-6-8-15(19-3)9-7-14/h6-9,12-13,17H,4-5,10-11H2,1-3H3. The minimum Gasteiger partial charge on any atom is -0.366 e. The zero-order valence-corrected chi connectivity index (χ0v) is 13.0. The number of nitrogens with zero attached hydrogens (tertiary/aromatic N) is 1. The highest BCUT2D eigenvalue weighted by atomic mass is 32.2. The summed E-state index contributed by atoms with van der Waals surface area (Å²) in [6, 6.07) is 9.61. The van der Waals surface area contributed by atoms with E-state index in [1.54, 1.807) is 0 Å². The van der Waals surface area contributed by atoms with Gasteiger partial charge in [-0.3, -0.25) is 0 Å². The first-order chi connectivity index (χ1) is 9.12. The van der Waals surface area contributed by atoms with E-state index in [0.29, 0.717) is 11.6 Å². The Morgan fingerprint density at radius 1 is 1.26 bits per heavy atom. The SMILES string of the molecule is CSc1ccc(N2CC(C)(C3CC3)NCC2C)cc1. The van der Waals surface area contributed by atoms with Crippen LogP contribution in [-0.2, 0) is 0 Å². The predicted molar refractivity (Wildman–Crippen MR) is 84.2 cm³/mol. The lowest BCUT2D eigenvalue weighted by Crippen LogP contribution is -2.63. The zero-order valence-electron chi connectivity index (χ0n) is 12.1. The summed E-state index contributed by atoms with van der Waals surface area (Å²) in [7, 11) is 0. The third kappa shape index (κ3) is 2.63. The zero-order chi connectivity index (χ0) is 13.5. The molecule has 0 bridgehead atoms. The molecule has 0 radical (unpaired) electrons. The van der Waals surface area contributed by atoms with Gasteiger partial charge in [0.15, 0.2) is 0 Å². The second kappa shape index (κ2) is 5.02. The lowest BCUT2D eigenvalue weighted by molar-refractivity contribution is 0.261. The Bertz CT molecular complexity index is 441. The number of nitrogens with one attached hydrogen (secondary N) is 1. The summed E-state index contributed by atoms with van der Waals surface area (Å²) in [5, 5.41) is 3.78. The number of hydrogen-bond acceptors (Lipinski definition) is 3. The van der Waals surface area contributed by atoms with E-state index in [2.05, 4.69) is 54.6 Å². The van der Waals surface area contributed by atoms with Crippen LogP contribution in [0.2, 0.25) is 0 Å². The van der Waals surface area contributed by atoms with Crippen molar-refractivity contribution in [2.24, 2.45) is 5.92 Å². The lowest BCUT2D eigenvalue weighted by Gasteiger charge is -2.47. The molecule has 1 aliphatic heterocycles. The molecule has 2 atom stereocenters. The fourth-order valence-electron chi connectivity index (χ4n) is 3.17. The van der Waals surface area contributed by atoms with Crippen LogP contribution in [0, 0.1) is 5.92 Å². The van der Waals surface area contributed by atoms with E-state index >= 15 is 0 Å². The third-order valence-corrected chi connectivity index (χ3v) is 5.46. The van der Waals surface area contributed by atoms with Crippen molar-refractivity contribution in [2.45, 2.75) is 43.2 Å². The molecule has 3 heteroatoms. The summed E-state index contributed by atoms with van der Waals surface area (Å²) in [6.45, 7) is 6.95. The van der Waals surface area contributed by atoms with Crippen molar-refractivity contribution in [1.29, 1.82) is 0 Å². The fraction of sp³-hybridized carbons (Fsp3) is 0.625. The molecule has 1 N–H and O–H groups in total. The average Bonchev–Trinajstić information content (AvgIpc) is 3.27. The monoisotopic (exact) mass is 276 g/mol. The molecule has 2 fully saturated rings. The summed E-state index contributed by atoms with van der Waals surface area (Å²) in [6.07, 6.45) is 4.93. The van der Waals surface area contributed by atoms with Crippen molar-refractivity contribution in [3.8, 4) is 0 Å². The lowest BCUT2D eigenvalue weighted by atomic mass is 9.91. The maximum absolute atomic E-state index is 3.78. The minimum absolute atomic E-state index is 0.310. The molecule has 1 aromatic carbocycles. The summed E-state index contributed by atoms with van der Waals surface area (Å²) < 4.78 is 0. The quantitative estimate of drug-likeness (QED) is 0.852. The molecule has 2 nitrogen and oxygen atoms in total.